The molecule has 2 aromatic heterocycles. The molecule has 0 atom stereocenters. The van der Waals surface area contributed by atoms with Gasteiger partial charge in [-0.1, -0.05) is 0 Å². The number of hydrogen-bond acceptors (Lipinski definition) is 4. The van der Waals surface area contributed by atoms with E-state index in [1.807, 2.05) is 53.4 Å². The third kappa shape index (κ3) is 2.82. The van der Waals surface area contributed by atoms with Gasteiger partial charge in [0.25, 0.3) is 5.91 Å². The third-order valence-electron chi connectivity index (χ3n) is 4.14. The van der Waals surface area contributed by atoms with E-state index in [1.165, 1.54) is 0 Å². The molecule has 0 saturated carbocycles. The molecular formula is C19H17N3O3. The third-order valence-corrected chi connectivity index (χ3v) is 4.14. The highest BCUT2D eigenvalue weighted by molar-refractivity contribution is 6.07. The van der Waals surface area contributed by atoms with Crippen LogP contribution in [0, 0.1) is 0 Å². The molecule has 1 aliphatic rings. The maximum Gasteiger partial charge on any atom is 0.260 e. The second-order valence-corrected chi connectivity index (χ2v) is 5.63. The number of nitrogens with zero attached hydrogens (tertiary/aromatic N) is 3. The number of carbonyl (C=O) groups excluding carboxylic acids is 1. The van der Waals surface area contributed by atoms with Crippen molar-refractivity contribution < 1.29 is 14.3 Å². The number of fused-ring (bicyclic) bond motifs is 1. The lowest BCUT2D eigenvalue weighted by molar-refractivity contribution is 0.0976. The van der Waals surface area contributed by atoms with E-state index in [0.29, 0.717) is 35.9 Å². The molecule has 1 amide bonds. The van der Waals surface area contributed by atoms with Gasteiger partial charge in [-0.3, -0.25) is 4.79 Å². The second-order valence-electron chi connectivity index (χ2n) is 5.63. The van der Waals surface area contributed by atoms with E-state index in [4.69, 9.17) is 9.47 Å². The molecule has 0 saturated heterocycles. The van der Waals surface area contributed by atoms with Crippen molar-refractivity contribution in [2.45, 2.75) is 0 Å². The minimum absolute atomic E-state index is 0.107. The van der Waals surface area contributed by atoms with Gasteiger partial charge in [0.15, 0.2) is 0 Å². The summed E-state index contributed by atoms with van der Waals surface area (Å²) < 4.78 is 12.8. The van der Waals surface area contributed by atoms with Crippen molar-refractivity contribution in [1.29, 1.82) is 0 Å². The minimum atomic E-state index is -0.107. The SMILES string of the molecule is COc1ccc2c(c1)N(C(=O)c1ccc(-n3cccc3)nc1)CCO2. The highest BCUT2D eigenvalue weighted by atomic mass is 16.5. The molecule has 6 heteroatoms. The van der Waals surface area contributed by atoms with Crippen LogP contribution in [0.5, 0.6) is 11.5 Å². The lowest BCUT2D eigenvalue weighted by Crippen LogP contribution is -2.38. The van der Waals surface area contributed by atoms with Crippen molar-refractivity contribution in [3.63, 3.8) is 0 Å². The fourth-order valence-electron chi connectivity index (χ4n) is 2.84. The molecule has 6 nitrogen and oxygen atoms in total. The highest BCUT2D eigenvalue weighted by Gasteiger charge is 2.25. The Morgan fingerprint density at radius 1 is 1.20 bits per heavy atom. The molecule has 0 bridgehead atoms. The predicted molar refractivity (Wildman–Crippen MR) is 93.7 cm³/mol. The van der Waals surface area contributed by atoms with Crippen LogP contribution in [-0.2, 0) is 0 Å². The van der Waals surface area contributed by atoms with Gasteiger partial charge in [0.1, 0.15) is 23.9 Å². The van der Waals surface area contributed by atoms with E-state index >= 15 is 0 Å². The average Bonchev–Trinajstić information content (AvgIpc) is 3.21. The Morgan fingerprint density at radius 2 is 2.04 bits per heavy atom. The first-order valence-corrected chi connectivity index (χ1v) is 7.98. The van der Waals surface area contributed by atoms with Gasteiger partial charge >= 0.3 is 0 Å². The van der Waals surface area contributed by atoms with E-state index in [-0.39, 0.29) is 5.91 Å². The molecule has 1 aromatic carbocycles. The topological polar surface area (TPSA) is 56.6 Å². The van der Waals surface area contributed by atoms with Crippen molar-refractivity contribution in [2.75, 3.05) is 25.2 Å². The van der Waals surface area contributed by atoms with Gasteiger partial charge in [-0.2, -0.15) is 0 Å². The summed E-state index contributed by atoms with van der Waals surface area (Å²) in [4.78, 5) is 19.0. The van der Waals surface area contributed by atoms with Crippen LogP contribution in [0.3, 0.4) is 0 Å². The van der Waals surface area contributed by atoms with Gasteiger partial charge in [0.05, 0.1) is 24.9 Å². The van der Waals surface area contributed by atoms with Crippen molar-refractivity contribution >= 4 is 11.6 Å². The summed E-state index contributed by atoms with van der Waals surface area (Å²) in [5, 5.41) is 0. The zero-order valence-electron chi connectivity index (χ0n) is 13.8. The van der Waals surface area contributed by atoms with Crippen molar-refractivity contribution in [1.82, 2.24) is 9.55 Å². The molecule has 1 aliphatic heterocycles. The molecule has 0 aliphatic carbocycles. The van der Waals surface area contributed by atoms with E-state index in [0.717, 1.165) is 5.82 Å². The van der Waals surface area contributed by atoms with E-state index in [9.17, 15) is 4.79 Å². The molecule has 3 aromatic rings. The lowest BCUT2D eigenvalue weighted by Gasteiger charge is -2.29. The fraction of sp³-hybridized carbons (Fsp3) is 0.158. The Morgan fingerprint density at radius 3 is 2.76 bits per heavy atom. The summed E-state index contributed by atoms with van der Waals surface area (Å²) in [6, 6.07) is 12.9. The Balaban J connectivity index is 1.64. The van der Waals surface area contributed by atoms with E-state index in [1.54, 1.807) is 24.3 Å². The molecule has 0 fully saturated rings. The maximum absolute atomic E-state index is 12.9. The molecule has 25 heavy (non-hydrogen) atoms. The lowest BCUT2D eigenvalue weighted by atomic mass is 10.1. The van der Waals surface area contributed by atoms with Crippen LogP contribution in [0.2, 0.25) is 0 Å². The second kappa shape index (κ2) is 6.32. The van der Waals surface area contributed by atoms with Crippen molar-refractivity contribution in [2.24, 2.45) is 0 Å². The quantitative estimate of drug-likeness (QED) is 0.738. The number of ether oxygens (including phenoxy) is 2. The van der Waals surface area contributed by atoms with Crippen LogP contribution in [0.1, 0.15) is 10.4 Å². The average molecular weight is 335 g/mol. The molecule has 126 valence electrons. The zero-order chi connectivity index (χ0) is 17.2. The maximum atomic E-state index is 12.9. The number of hydrogen-bond donors (Lipinski definition) is 0. The smallest absolute Gasteiger partial charge is 0.260 e. The first-order valence-electron chi connectivity index (χ1n) is 7.98. The van der Waals surface area contributed by atoms with Crippen LogP contribution in [-0.4, -0.2) is 35.7 Å². The van der Waals surface area contributed by atoms with Crippen molar-refractivity contribution in [3.05, 3.63) is 66.6 Å². The number of anilines is 1. The molecule has 0 spiro atoms. The number of methoxy groups -OCH3 is 1. The van der Waals surface area contributed by atoms with Gasteiger partial charge in [0.2, 0.25) is 0 Å². The van der Waals surface area contributed by atoms with E-state index < -0.39 is 0 Å². The monoisotopic (exact) mass is 335 g/mol. The molecule has 0 radical (unpaired) electrons. The number of benzene rings is 1. The van der Waals surface area contributed by atoms with Gasteiger partial charge in [-0.25, -0.2) is 4.98 Å². The first kappa shape index (κ1) is 15.3. The summed E-state index contributed by atoms with van der Waals surface area (Å²) in [6.45, 7) is 0.943. The summed E-state index contributed by atoms with van der Waals surface area (Å²) in [5.74, 6) is 2.02. The van der Waals surface area contributed by atoms with Crippen molar-refractivity contribution in [3.8, 4) is 17.3 Å². The summed E-state index contributed by atoms with van der Waals surface area (Å²) in [5.41, 5.74) is 1.25. The van der Waals surface area contributed by atoms with E-state index in [2.05, 4.69) is 4.98 Å². The molecule has 0 N–H and O–H groups in total. The summed E-state index contributed by atoms with van der Waals surface area (Å²) >= 11 is 0. The van der Waals surface area contributed by atoms with Gasteiger partial charge < -0.3 is 18.9 Å². The molecular weight excluding hydrogens is 318 g/mol. The van der Waals surface area contributed by atoms with Gasteiger partial charge in [0, 0.05) is 24.7 Å². The number of aromatic nitrogens is 2. The Bertz CT molecular complexity index is 889. The van der Waals surface area contributed by atoms with Crippen LogP contribution < -0.4 is 14.4 Å². The van der Waals surface area contributed by atoms with Gasteiger partial charge in [-0.05, 0) is 36.4 Å². The normalized spacial score (nSPS) is 13.1. The predicted octanol–water partition coefficient (Wildman–Crippen LogP) is 2.92. The fourth-order valence-corrected chi connectivity index (χ4v) is 2.84. The van der Waals surface area contributed by atoms with Crippen LogP contribution >= 0.6 is 0 Å². The molecule has 3 heterocycles. The number of amides is 1. The van der Waals surface area contributed by atoms with Gasteiger partial charge in [-0.15, -0.1) is 0 Å². The Kier molecular flexibility index (Phi) is 3.85. The Labute approximate surface area is 145 Å². The van der Waals surface area contributed by atoms with Crippen LogP contribution in [0.25, 0.3) is 5.82 Å². The van der Waals surface area contributed by atoms with Crippen LogP contribution in [0.15, 0.2) is 61.1 Å². The number of carbonyl (C=O) groups is 1. The highest BCUT2D eigenvalue weighted by Crippen LogP contribution is 2.35. The summed E-state index contributed by atoms with van der Waals surface area (Å²) in [7, 11) is 1.60. The molecule has 0 unspecified atom stereocenters. The van der Waals surface area contributed by atoms with Crippen LogP contribution in [0.4, 0.5) is 5.69 Å². The zero-order valence-corrected chi connectivity index (χ0v) is 13.8. The number of pyridine rings is 1. The largest absolute Gasteiger partial charge is 0.497 e. The minimum Gasteiger partial charge on any atom is -0.497 e. The standard InChI is InChI=1S/C19H17N3O3/c1-24-15-5-6-17-16(12-15)22(10-11-25-17)19(23)14-4-7-18(20-13-14)21-8-2-3-9-21/h2-9,12-13H,10-11H2,1H3. The molecule has 4 rings (SSSR count). The Hall–Kier alpha value is -3.28. The summed E-state index contributed by atoms with van der Waals surface area (Å²) in [6.07, 6.45) is 5.43. The first-order chi connectivity index (χ1) is 12.3. The number of rotatable bonds is 3.